The van der Waals surface area contributed by atoms with Gasteiger partial charge in [-0.3, -0.25) is 4.79 Å². The quantitative estimate of drug-likeness (QED) is 0.519. The Bertz CT molecular complexity index is 942. The summed E-state index contributed by atoms with van der Waals surface area (Å²) in [6.07, 6.45) is 3.31. The van der Waals surface area contributed by atoms with Gasteiger partial charge in [0.25, 0.3) is 0 Å². The van der Waals surface area contributed by atoms with Crippen LogP contribution in [0.3, 0.4) is 0 Å². The summed E-state index contributed by atoms with van der Waals surface area (Å²) in [5.74, 6) is -0.133. The van der Waals surface area contributed by atoms with E-state index < -0.39 is 0 Å². The summed E-state index contributed by atoms with van der Waals surface area (Å²) < 4.78 is 0. The molecule has 1 aromatic heterocycles. The number of aryl methyl sites for hydroxylation is 1. The van der Waals surface area contributed by atoms with Crippen LogP contribution < -0.4 is 10.6 Å². The van der Waals surface area contributed by atoms with Crippen LogP contribution in [0.1, 0.15) is 22.9 Å². The van der Waals surface area contributed by atoms with Crippen LogP contribution in [0, 0.1) is 0 Å². The van der Waals surface area contributed by atoms with E-state index in [1.807, 2.05) is 30.3 Å². The molecule has 7 heteroatoms. The number of anilines is 2. The van der Waals surface area contributed by atoms with E-state index in [1.165, 1.54) is 16.9 Å². The molecular formula is C20H19Cl2N3OS. The number of aromatic nitrogens is 1. The molecule has 2 aromatic carbocycles. The minimum Gasteiger partial charge on any atom is -0.376 e. The number of para-hydroxylation sites is 1. The Morgan fingerprint density at radius 1 is 1.15 bits per heavy atom. The number of nitrogens with one attached hydrogen (secondary N) is 2. The van der Waals surface area contributed by atoms with Gasteiger partial charge >= 0.3 is 0 Å². The van der Waals surface area contributed by atoms with Gasteiger partial charge in [0.1, 0.15) is 0 Å². The summed E-state index contributed by atoms with van der Waals surface area (Å²) in [5, 5.41) is 7.82. The monoisotopic (exact) mass is 419 g/mol. The molecule has 0 saturated carbocycles. The van der Waals surface area contributed by atoms with Crippen molar-refractivity contribution in [2.45, 2.75) is 19.8 Å². The van der Waals surface area contributed by atoms with Gasteiger partial charge in [-0.15, -0.1) is 11.3 Å². The highest BCUT2D eigenvalue weighted by Crippen LogP contribution is 2.27. The van der Waals surface area contributed by atoms with E-state index in [-0.39, 0.29) is 12.5 Å². The van der Waals surface area contributed by atoms with E-state index >= 15 is 0 Å². The number of carbonyl (C=O) groups excluding carboxylic acids is 1. The maximum atomic E-state index is 12.2. The van der Waals surface area contributed by atoms with E-state index in [0.717, 1.165) is 22.5 Å². The van der Waals surface area contributed by atoms with Crippen LogP contribution in [0.15, 0.2) is 48.7 Å². The number of nitrogens with zero attached hydrogens (tertiary/aromatic N) is 1. The molecule has 0 fully saturated rings. The molecule has 0 radical (unpaired) electrons. The Labute approximate surface area is 172 Å². The fourth-order valence-electron chi connectivity index (χ4n) is 2.64. The Hall–Kier alpha value is -2.08. The van der Waals surface area contributed by atoms with E-state index in [2.05, 4.69) is 28.6 Å². The minimum atomic E-state index is -0.133. The summed E-state index contributed by atoms with van der Waals surface area (Å²) in [6.45, 7) is 2.28. The molecule has 140 valence electrons. The molecule has 0 aliphatic heterocycles. The highest BCUT2D eigenvalue weighted by atomic mass is 35.5. The van der Waals surface area contributed by atoms with Gasteiger partial charge in [-0.2, -0.15) is 0 Å². The van der Waals surface area contributed by atoms with Crippen molar-refractivity contribution in [3.05, 3.63) is 74.7 Å². The van der Waals surface area contributed by atoms with Crippen LogP contribution in [0.4, 0.5) is 10.8 Å². The van der Waals surface area contributed by atoms with Crippen molar-refractivity contribution in [1.29, 1.82) is 0 Å². The Morgan fingerprint density at radius 3 is 2.74 bits per heavy atom. The molecule has 0 spiro atoms. The van der Waals surface area contributed by atoms with E-state index in [0.29, 0.717) is 21.6 Å². The standard InChI is InChI=1S/C20H19Cl2N3OS/c1-2-13-5-3-4-6-18(13)23-12-19(26)25-20-24-11-16(27-20)9-14-7-8-15(21)10-17(14)22/h3-8,10-11,23H,2,9,12H2,1H3,(H,24,25,26). The first-order valence-corrected chi connectivity index (χ1v) is 10.1. The van der Waals surface area contributed by atoms with Gasteiger partial charge in [0.2, 0.25) is 5.91 Å². The number of carbonyl (C=O) groups is 1. The number of benzene rings is 2. The second-order valence-electron chi connectivity index (χ2n) is 5.96. The van der Waals surface area contributed by atoms with Crippen LogP contribution >= 0.6 is 34.5 Å². The second kappa shape index (κ2) is 9.22. The molecule has 1 amide bonds. The van der Waals surface area contributed by atoms with Crippen molar-refractivity contribution in [1.82, 2.24) is 4.98 Å². The van der Waals surface area contributed by atoms with Gasteiger partial charge < -0.3 is 10.6 Å². The van der Waals surface area contributed by atoms with Crippen molar-refractivity contribution in [2.75, 3.05) is 17.2 Å². The zero-order valence-electron chi connectivity index (χ0n) is 14.8. The van der Waals surface area contributed by atoms with E-state index in [1.54, 1.807) is 12.3 Å². The molecule has 0 saturated heterocycles. The molecule has 0 atom stereocenters. The fraction of sp³-hybridized carbons (Fsp3) is 0.200. The topological polar surface area (TPSA) is 54.0 Å². The van der Waals surface area contributed by atoms with Gasteiger partial charge in [0, 0.05) is 33.2 Å². The van der Waals surface area contributed by atoms with E-state index in [9.17, 15) is 4.79 Å². The van der Waals surface area contributed by atoms with Crippen LogP contribution in [-0.2, 0) is 17.6 Å². The summed E-state index contributed by atoms with van der Waals surface area (Å²) in [4.78, 5) is 17.5. The van der Waals surface area contributed by atoms with Gasteiger partial charge in [-0.25, -0.2) is 4.98 Å². The molecule has 3 rings (SSSR count). The molecule has 27 heavy (non-hydrogen) atoms. The molecule has 1 heterocycles. The first-order chi connectivity index (χ1) is 13.0. The summed E-state index contributed by atoms with van der Waals surface area (Å²) in [5.41, 5.74) is 3.13. The smallest absolute Gasteiger partial charge is 0.245 e. The average molecular weight is 420 g/mol. The SMILES string of the molecule is CCc1ccccc1NCC(=O)Nc1ncc(Cc2ccc(Cl)cc2Cl)s1. The third kappa shape index (κ3) is 5.45. The second-order valence-corrected chi connectivity index (χ2v) is 7.92. The molecule has 3 aromatic rings. The van der Waals surface area contributed by atoms with Gasteiger partial charge in [0.05, 0.1) is 6.54 Å². The Balaban J connectivity index is 1.56. The molecule has 0 aliphatic rings. The van der Waals surface area contributed by atoms with Crippen molar-refractivity contribution < 1.29 is 4.79 Å². The largest absolute Gasteiger partial charge is 0.376 e. The molecule has 0 unspecified atom stereocenters. The zero-order chi connectivity index (χ0) is 19.2. The number of hydrogen-bond donors (Lipinski definition) is 2. The third-order valence-corrected chi connectivity index (χ3v) is 5.52. The summed E-state index contributed by atoms with van der Waals surface area (Å²) in [6, 6.07) is 13.4. The fourth-order valence-corrected chi connectivity index (χ4v) is 3.97. The molecule has 0 bridgehead atoms. The number of halogens is 2. The maximum Gasteiger partial charge on any atom is 0.245 e. The van der Waals surface area contributed by atoms with Crippen molar-refractivity contribution in [3.8, 4) is 0 Å². The lowest BCUT2D eigenvalue weighted by Crippen LogP contribution is -2.22. The number of hydrogen-bond acceptors (Lipinski definition) is 4. The number of amides is 1. The van der Waals surface area contributed by atoms with Crippen molar-refractivity contribution >= 4 is 51.3 Å². The summed E-state index contributed by atoms with van der Waals surface area (Å²) >= 11 is 13.6. The lowest BCUT2D eigenvalue weighted by Gasteiger charge is -2.10. The lowest BCUT2D eigenvalue weighted by molar-refractivity contribution is -0.114. The number of rotatable bonds is 7. The van der Waals surface area contributed by atoms with Crippen LogP contribution in [0.5, 0.6) is 0 Å². The molecule has 4 nitrogen and oxygen atoms in total. The van der Waals surface area contributed by atoms with Crippen LogP contribution in [0.25, 0.3) is 0 Å². The summed E-state index contributed by atoms with van der Waals surface area (Å²) in [7, 11) is 0. The zero-order valence-corrected chi connectivity index (χ0v) is 17.1. The molecule has 0 aliphatic carbocycles. The third-order valence-electron chi connectivity index (χ3n) is 4.02. The number of thiazole rings is 1. The first-order valence-electron chi connectivity index (χ1n) is 8.55. The predicted octanol–water partition coefficient (Wildman–Crippen LogP) is 5.65. The Morgan fingerprint density at radius 2 is 1.96 bits per heavy atom. The van der Waals surface area contributed by atoms with Crippen molar-refractivity contribution in [2.24, 2.45) is 0 Å². The van der Waals surface area contributed by atoms with Crippen molar-refractivity contribution in [3.63, 3.8) is 0 Å². The van der Waals surface area contributed by atoms with Gasteiger partial charge in [-0.05, 0) is 35.7 Å². The first kappa shape index (κ1) is 19.7. The highest BCUT2D eigenvalue weighted by Gasteiger charge is 2.10. The predicted molar refractivity (Wildman–Crippen MR) is 114 cm³/mol. The lowest BCUT2D eigenvalue weighted by atomic mass is 10.1. The van der Waals surface area contributed by atoms with E-state index in [4.69, 9.17) is 23.2 Å². The maximum absolute atomic E-state index is 12.2. The normalized spacial score (nSPS) is 10.6. The average Bonchev–Trinajstić information content (AvgIpc) is 3.09. The Kier molecular flexibility index (Phi) is 6.72. The van der Waals surface area contributed by atoms with Gasteiger partial charge in [0.15, 0.2) is 5.13 Å². The highest BCUT2D eigenvalue weighted by molar-refractivity contribution is 7.15. The van der Waals surface area contributed by atoms with Crippen LogP contribution in [0.2, 0.25) is 10.0 Å². The van der Waals surface area contributed by atoms with Gasteiger partial charge in [-0.1, -0.05) is 54.4 Å². The minimum absolute atomic E-state index is 0.133. The van der Waals surface area contributed by atoms with Crippen LogP contribution in [-0.4, -0.2) is 17.4 Å². The molecule has 2 N–H and O–H groups in total. The molecular weight excluding hydrogens is 401 g/mol.